The van der Waals surface area contributed by atoms with Crippen molar-refractivity contribution in [3.63, 3.8) is 0 Å². The molecule has 0 spiro atoms. The molecule has 0 aliphatic heterocycles. The maximum Gasteiger partial charge on any atom is 0.573 e. The molecule has 2 unspecified atom stereocenters. The zero-order chi connectivity index (χ0) is 20.3. The topological polar surface area (TPSA) is 69.0 Å². The average Bonchev–Trinajstić information content (AvgIpc) is 3.17. The first-order valence-corrected chi connectivity index (χ1v) is 9.78. The zero-order valence-corrected chi connectivity index (χ0v) is 15.7. The smallest absolute Gasteiger partial charge is 0.406 e. The largest absolute Gasteiger partial charge is 0.573 e. The minimum atomic E-state index is -4.74. The van der Waals surface area contributed by atoms with Gasteiger partial charge in [0.1, 0.15) is 18.4 Å². The monoisotopic (exact) mass is 406 g/mol. The molecule has 4 aliphatic rings. The fourth-order valence-electron chi connectivity index (χ4n) is 6.20. The number of benzene rings is 1. The number of rotatable bonds is 4. The lowest BCUT2D eigenvalue weighted by molar-refractivity contribution is -0.274. The van der Waals surface area contributed by atoms with Crippen molar-refractivity contribution in [2.75, 3.05) is 5.32 Å². The first-order chi connectivity index (χ1) is 13.8. The minimum Gasteiger partial charge on any atom is -0.406 e. The summed E-state index contributed by atoms with van der Waals surface area (Å²) in [5.74, 6) is 0.596. The highest BCUT2D eigenvalue weighted by Gasteiger charge is 2.61. The number of anilines is 1. The maximum atomic E-state index is 13.3. The third kappa shape index (κ3) is 3.26. The van der Waals surface area contributed by atoms with Crippen molar-refractivity contribution in [1.29, 1.82) is 0 Å². The number of hydrogen-bond donors (Lipinski definition) is 1. The second kappa shape index (κ2) is 6.21. The SMILES string of the molecule is O=C(Nc1ccc(OC(F)(F)F)cc1)C12C[C@H]3C[C@@H](C1)CC(n1cncn1)(C3)C2. The molecule has 1 N–H and O–H groups in total. The first-order valence-electron chi connectivity index (χ1n) is 9.78. The van der Waals surface area contributed by atoms with Crippen LogP contribution in [0.1, 0.15) is 38.5 Å². The maximum absolute atomic E-state index is 13.3. The molecule has 9 heteroatoms. The second-order valence-electron chi connectivity index (χ2n) is 8.83. The molecule has 1 heterocycles. The molecule has 4 fully saturated rings. The average molecular weight is 406 g/mol. The Labute approximate surface area is 165 Å². The third-order valence-corrected chi connectivity index (χ3v) is 6.76. The molecule has 29 heavy (non-hydrogen) atoms. The standard InChI is InChI=1S/C20H21F3N4O2/c21-20(22,23)29-16-3-1-15(2-4-16)26-17(28)18-6-13-5-14(7-18)9-19(8-13,10-18)27-12-24-11-25-27/h1-4,11-14H,5-10H2,(H,26,28)/t13-,14+,18?,19?. The van der Waals surface area contributed by atoms with Crippen molar-refractivity contribution in [3.05, 3.63) is 36.9 Å². The summed E-state index contributed by atoms with van der Waals surface area (Å²) in [7, 11) is 0. The van der Waals surface area contributed by atoms with E-state index >= 15 is 0 Å². The minimum absolute atomic E-state index is 0.0550. The van der Waals surface area contributed by atoms with Crippen molar-refractivity contribution < 1.29 is 22.7 Å². The Bertz CT molecular complexity index is 897. The molecule has 2 aromatic rings. The van der Waals surface area contributed by atoms with Crippen LogP contribution in [-0.2, 0) is 10.3 Å². The molecule has 4 aliphatic carbocycles. The number of carbonyl (C=O) groups excluding carboxylic acids is 1. The van der Waals surface area contributed by atoms with Gasteiger partial charge in [-0.1, -0.05) is 0 Å². The number of hydrogen-bond acceptors (Lipinski definition) is 4. The van der Waals surface area contributed by atoms with Gasteiger partial charge in [0.2, 0.25) is 5.91 Å². The Hall–Kier alpha value is -2.58. The van der Waals surface area contributed by atoms with E-state index in [-0.39, 0.29) is 17.2 Å². The summed E-state index contributed by atoms with van der Waals surface area (Å²) in [6, 6.07) is 5.29. The van der Waals surface area contributed by atoms with E-state index < -0.39 is 11.8 Å². The van der Waals surface area contributed by atoms with Crippen LogP contribution < -0.4 is 10.1 Å². The summed E-state index contributed by atoms with van der Waals surface area (Å²) < 4.78 is 42.8. The fraction of sp³-hybridized carbons (Fsp3) is 0.550. The van der Waals surface area contributed by atoms with Gasteiger partial charge in [-0.2, -0.15) is 5.10 Å². The number of carbonyl (C=O) groups is 1. The summed E-state index contributed by atoms with van der Waals surface area (Å²) in [4.78, 5) is 17.4. The number of nitrogens with zero attached hydrogens (tertiary/aromatic N) is 3. The highest BCUT2D eigenvalue weighted by Crippen LogP contribution is 2.64. The molecule has 4 atom stereocenters. The van der Waals surface area contributed by atoms with E-state index in [1.807, 2.05) is 4.68 Å². The summed E-state index contributed by atoms with van der Waals surface area (Å²) in [5.41, 5.74) is -0.172. The van der Waals surface area contributed by atoms with Crippen LogP contribution in [0.4, 0.5) is 18.9 Å². The number of amides is 1. The van der Waals surface area contributed by atoms with E-state index in [0.29, 0.717) is 17.5 Å². The van der Waals surface area contributed by atoms with Gasteiger partial charge >= 0.3 is 6.36 Å². The molecule has 0 saturated heterocycles. The molecule has 6 nitrogen and oxygen atoms in total. The molecular weight excluding hydrogens is 385 g/mol. The highest BCUT2D eigenvalue weighted by molar-refractivity contribution is 5.95. The van der Waals surface area contributed by atoms with Gasteiger partial charge in [0, 0.05) is 5.69 Å². The van der Waals surface area contributed by atoms with Crippen LogP contribution in [-0.4, -0.2) is 27.0 Å². The first kappa shape index (κ1) is 18.4. The number of ether oxygens (including phenoxy) is 1. The predicted molar refractivity (Wildman–Crippen MR) is 96.9 cm³/mol. The van der Waals surface area contributed by atoms with Crippen LogP contribution in [0.2, 0.25) is 0 Å². The van der Waals surface area contributed by atoms with Crippen molar-refractivity contribution in [2.45, 2.75) is 50.4 Å². The lowest BCUT2D eigenvalue weighted by Gasteiger charge is -2.60. The Balaban J connectivity index is 1.36. The molecular formula is C20H21F3N4O2. The van der Waals surface area contributed by atoms with Gasteiger partial charge in [-0.05, 0) is 74.6 Å². The van der Waals surface area contributed by atoms with Crippen LogP contribution in [0.25, 0.3) is 0 Å². The van der Waals surface area contributed by atoms with Crippen LogP contribution in [0.15, 0.2) is 36.9 Å². The summed E-state index contributed by atoms with van der Waals surface area (Å²) in [5, 5.41) is 7.32. The molecule has 0 radical (unpaired) electrons. The molecule has 6 rings (SSSR count). The molecule has 1 amide bonds. The van der Waals surface area contributed by atoms with Gasteiger partial charge in [0.15, 0.2) is 0 Å². The summed E-state index contributed by atoms with van der Waals surface area (Å²) >= 11 is 0. The molecule has 154 valence electrons. The molecule has 4 saturated carbocycles. The Morgan fingerprint density at radius 1 is 1.14 bits per heavy atom. The molecule has 1 aromatic carbocycles. The highest BCUT2D eigenvalue weighted by atomic mass is 19.4. The number of alkyl halides is 3. The molecule has 1 aromatic heterocycles. The van der Waals surface area contributed by atoms with Gasteiger partial charge in [-0.25, -0.2) is 9.67 Å². The van der Waals surface area contributed by atoms with E-state index in [1.165, 1.54) is 30.6 Å². The van der Waals surface area contributed by atoms with E-state index in [0.717, 1.165) is 38.5 Å². The van der Waals surface area contributed by atoms with E-state index in [4.69, 9.17) is 0 Å². The van der Waals surface area contributed by atoms with Gasteiger partial charge < -0.3 is 10.1 Å². The van der Waals surface area contributed by atoms with Crippen molar-refractivity contribution in [3.8, 4) is 5.75 Å². The van der Waals surface area contributed by atoms with Gasteiger partial charge in [-0.15, -0.1) is 13.2 Å². The van der Waals surface area contributed by atoms with E-state index in [9.17, 15) is 18.0 Å². The third-order valence-electron chi connectivity index (χ3n) is 6.76. The lowest BCUT2D eigenvalue weighted by Crippen LogP contribution is -2.60. The second-order valence-corrected chi connectivity index (χ2v) is 8.83. The summed E-state index contributed by atoms with van der Waals surface area (Å²) in [6.07, 6.45) is 4.15. The zero-order valence-electron chi connectivity index (χ0n) is 15.7. The normalized spacial score (nSPS) is 32.9. The van der Waals surface area contributed by atoms with Gasteiger partial charge in [0.25, 0.3) is 0 Å². The van der Waals surface area contributed by atoms with Gasteiger partial charge in [-0.3, -0.25) is 4.79 Å². The molecule has 4 bridgehead atoms. The van der Waals surface area contributed by atoms with Crippen molar-refractivity contribution in [2.24, 2.45) is 17.3 Å². The van der Waals surface area contributed by atoms with Gasteiger partial charge in [0.05, 0.1) is 11.0 Å². The van der Waals surface area contributed by atoms with E-state index in [2.05, 4.69) is 20.1 Å². The van der Waals surface area contributed by atoms with Crippen LogP contribution in [0.3, 0.4) is 0 Å². The lowest BCUT2D eigenvalue weighted by atomic mass is 9.46. The van der Waals surface area contributed by atoms with Crippen molar-refractivity contribution >= 4 is 11.6 Å². The van der Waals surface area contributed by atoms with Crippen LogP contribution >= 0.6 is 0 Å². The van der Waals surface area contributed by atoms with Crippen molar-refractivity contribution in [1.82, 2.24) is 14.8 Å². The predicted octanol–water partition coefficient (Wildman–Crippen LogP) is 4.11. The quantitative estimate of drug-likeness (QED) is 0.830. The Morgan fingerprint density at radius 3 is 2.41 bits per heavy atom. The Kier molecular flexibility index (Phi) is 3.95. The van der Waals surface area contributed by atoms with Crippen LogP contribution in [0, 0.1) is 17.3 Å². The van der Waals surface area contributed by atoms with Crippen LogP contribution in [0.5, 0.6) is 5.75 Å². The Morgan fingerprint density at radius 2 is 1.83 bits per heavy atom. The van der Waals surface area contributed by atoms with E-state index in [1.54, 1.807) is 6.33 Å². The summed E-state index contributed by atoms with van der Waals surface area (Å²) in [6.45, 7) is 0. The fourth-order valence-corrected chi connectivity index (χ4v) is 6.20. The number of halogens is 3. The number of nitrogens with one attached hydrogen (secondary N) is 1. The number of aromatic nitrogens is 3.